The molecule has 0 bridgehead atoms. The maximum Gasteiger partial charge on any atom is 0.410 e. The van der Waals surface area contributed by atoms with Crippen LogP contribution in [0.15, 0.2) is 24.3 Å². The van der Waals surface area contributed by atoms with Gasteiger partial charge in [-0.3, -0.25) is 4.90 Å². The molecule has 2 rings (SSSR count). The molecular formula is C18H26FNO3. The standard InChI is InChI=1S/C18H26FNO3/c1-5-6-11-22-15-12-20(17(21)23-18(2,3)4)16(15)13-9-7-8-10-14(13)19/h7-10,15-16H,5-6,11-12H2,1-4H3. The smallest absolute Gasteiger partial charge is 0.410 e. The van der Waals surface area contributed by atoms with Crippen molar-refractivity contribution in [2.75, 3.05) is 13.2 Å². The summed E-state index contributed by atoms with van der Waals surface area (Å²) < 4.78 is 25.4. The van der Waals surface area contributed by atoms with Crippen LogP contribution in [0.3, 0.4) is 0 Å². The van der Waals surface area contributed by atoms with Gasteiger partial charge in [0.05, 0.1) is 18.7 Å². The molecule has 0 radical (unpaired) electrons. The van der Waals surface area contributed by atoms with Gasteiger partial charge in [-0.25, -0.2) is 9.18 Å². The van der Waals surface area contributed by atoms with Gasteiger partial charge in [0.15, 0.2) is 0 Å². The average molecular weight is 323 g/mol. The van der Waals surface area contributed by atoms with Gasteiger partial charge in [-0.1, -0.05) is 31.5 Å². The zero-order chi connectivity index (χ0) is 17.0. The van der Waals surface area contributed by atoms with Crippen LogP contribution in [-0.2, 0) is 9.47 Å². The summed E-state index contributed by atoms with van der Waals surface area (Å²) in [5.74, 6) is -0.324. The Balaban J connectivity index is 2.14. The van der Waals surface area contributed by atoms with Crippen LogP contribution < -0.4 is 0 Å². The van der Waals surface area contributed by atoms with Crippen LogP contribution in [0.25, 0.3) is 0 Å². The van der Waals surface area contributed by atoms with E-state index in [1.165, 1.54) is 6.07 Å². The third-order valence-corrected chi connectivity index (χ3v) is 3.75. The quantitative estimate of drug-likeness (QED) is 0.758. The largest absolute Gasteiger partial charge is 0.444 e. The van der Waals surface area contributed by atoms with Crippen LogP contribution in [0.5, 0.6) is 0 Å². The predicted molar refractivity (Wildman–Crippen MR) is 86.7 cm³/mol. The molecule has 1 saturated heterocycles. The summed E-state index contributed by atoms with van der Waals surface area (Å²) in [6.45, 7) is 8.59. The van der Waals surface area contributed by atoms with Gasteiger partial charge >= 0.3 is 6.09 Å². The molecule has 1 aromatic carbocycles. The number of hydrogen-bond acceptors (Lipinski definition) is 3. The van der Waals surface area contributed by atoms with Crippen LogP contribution in [0.1, 0.15) is 52.1 Å². The van der Waals surface area contributed by atoms with Gasteiger partial charge in [0.25, 0.3) is 0 Å². The zero-order valence-corrected chi connectivity index (χ0v) is 14.3. The van der Waals surface area contributed by atoms with Gasteiger partial charge in [0.1, 0.15) is 11.4 Å². The first kappa shape index (κ1) is 17.7. The minimum atomic E-state index is -0.578. The minimum Gasteiger partial charge on any atom is -0.444 e. The highest BCUT2D eigenvalue weighted by molar-refractivity contribution is 5.70. The summed E-state index contributed by atoms with van der Waals surface area (Å²) in [7, 11) is 0. The van der Waals surface area contributed by atoms with Crippen molar-refractivity contribution in [1.29, 1.82) is 0 Å². The number of unbranched alkanes of at least 4 members (excludes halogenated alkanes) is 1. The molecule has 1 aliphatic rings. The van der Waals surface area contributed by atoms with Gasteiger partial charge in [0.2, 0.25) is 0 Å². The molecule has 1 amide bonds. The van der Waals surface area contributed by atoms with Crippen molar-refractivity contribution in [3.05, 3.63) is 35.6 Å². The van der Waals surface area contributed by atoms with Crippen molar-refractivity contribution >= 4 is 6.09 Å². The lowest BCUT2D eigenvalue weighted by molar-refractivity contribution is -0.106. The van der Waals surface area contributed by atoms with E-state index in [0.29, 0.717) is 18.7 Å². The van der Waals surface area contributed by atoms with Crippen molar-refractivity contribution in [2.24, 2.45) is 0 Å². The second-order valence-corrected chi connectivity index (χ2v) is 6.86. The fourth-order valence-corrected chi connectivity index (χ4v) is 2.58. The predicted octanol–water partition coefficient (Wildman–Crippen LogP) is 4.30. The summed E-state index contributed by atoms with van der Waals surface area (Å²) >= 11 is 0. The Morgan fingerprint density at radius 3 is 2.65 bits per heavy atom. The molecule has 128 valence electrons. The fraction of sp³-hybridized carbons (Fsp3) is 0.611. The summed E-state index contributed by atoms with van der Waals surface area (Å²) in [4.78, 5) is 13.9. The SMILES string of the molecule is CCCCOC1CN(C(=O)OC(C)(C)C)C1c1ccccc1F. The lowest BCUT2D eigenvalue weighted by Crippen LogP contribution is -2.58. The van der Waals surface area contributed by atoms with E-state index >= 15 is 0 Å². The summed E-state index contributed by atoms with van der Waals surface area (Å²) in [5, 5.41) is 0. The molecule has 0 saturated carbocycles. The van der Waals surface area contributed by atoms with Crippen LogP contribution >= 0.6 is 0 Å². The highest BCUT2D eigenvalue weighted by Crippen LogP contribution is 2.38. The molecule has 0 aliphatic carbocycles. The van der Waals surface area contributed by atoms with E-state index in [1.54, 1.807) is 23.1 Å². The lowest BCUT2D eigenvalue weighted by Gasteiger charge is -2.47. The summed E-state index contributed by atoms with van der Waals surface area (Å²) in [5.41, 5.74) is -0.100. The number of carbonyl (C=O) groups is 1. The van der Waals surface area contributed by atoms with E-state index in [9.17, 15) is 9.18 Å². The molecule has 5 heteroatoms. The second-order valence-electron chi connectivity index (χ2n) is 6.86. The number of benzene rings is 1. The average Bonchev–Trinajstić information content (AvgIpc) is 2.42. The molecule has 2 atom stereocenters. The Bertz CT molecular complexity index is 541. The van der Waals surface area contributed by atoms with Gasteiger partial charge in [-0.15, -0.1) is 0 Å². The van der Waals surface area contributed by atoms with Crippen molar-refractivity contribution < 1.29 is 18.7 Å². The van der Waals surface area contributed by atoms with Crippen molar-refractivity contribution in [3.8, 4) is 0 Å². The highest BCUT2D eigenvalue weighted by atomic mass is 19.1. The fourth-order valence-electron chi connectivity index (χ4n) is 2.58. The Labute approximate surface area is 137 Å². The molecular weight excluding hydrogens is 297 g/mol. The monoisotopic (exact) mass is 323 g/mol. The van der Waals surface area contributed by atoms with Crippen molar-refractivity contribution in [1.82, 2.24) is 4.90 Å². The number of amides is 1. The third kappa shape index (κ3) is 4.44. The van der Waals surface area contributed by atoms with Crippen molar-refractivity contribution in [2.45, 2.75) is 58.3 Å². The molecule has 0 spiro atoms. The van der Waals surface area contributed by atoms with Crippen LogP contribution in [0.2, 0.25) is 0 Å². The van der Waals surface area contributed by atoms with Crippen molar-refractivity contribution in [3.63, 3.8) is 0 Å². The Morgan fingerprint density at radius 1 is 1.35 bits per heavy atom. The number of rotatable bonds is 5. The minimum absolute atomic E-state index is 0.189. The molecule has 1 aliphatic heterocycles. The molecule has 0 N–H and O–H groups in total. The first-order chi connectivity index (χ1) is 10.8. The van der Waals surface area contributed by atoms with E-state index < -0.39 is 17.7 Å². The van der Waals surface area contributed by atoms with Gasteiger partial charge in [-0.05, 0) is 33.3 Å². The molecule has 2 unspecified atom stereocenters. The van der Waals surface area contributed by atoms with Gasteiger partial charge in [-0.2, -0.15) is 0 Å². The van der Waals surface area contributed by atoms with E-state index in [1.807, 2.05) is 20.8 Å². The van der Waals surface area contributed by atoms with E-state index in [-0.39, 0.29) is 11.9 Å². The summed E-state index contributed by atoms with van der Waals surface area (Å²) in [6, 6.07) is 6.09. The maximum absolute atomic E-state index is 14.2. The van der Waals surface area contributed by atoms with Crippen LogP contribution in [0.4, 0.5) is 9.18 Å². The van der Waals surface area contributed by atoms with Gasteiger partial charge < -0.3 is 9.47 Å². The van der Waals surface area contributed by atoms with Gasteiger partial charge in [0, 0.05) is 12.2 Å². The number of carbonyl (C=O) groups excluding carboxylic acids is 1. The Kier molecular flexibility index (Phi) is 5.63. The zero-order valence-electron chi connectivity index (χ0n) is 14.3. The maximum atomic E-state index is 14.2. The number of likely N-dealkylation sites (tertiary alicyclic amines) is 1. The Hall–Kier alpha value is -1.62. The molecule has 23 heavy (non-hydrogen) atoms. The summed E-state index contributed by atoms with van der Waals surface area (Å²) in [6.07, 6.45) is 1.37. The van der Waals surface area contributed by atoms with E-state index in [4.69, 9.17) is 9.47 Å². The molecule has 4 nitrogen and oxygen atoms in total. The van der Waals surface area contributed by atoms with E-state index in [2.05, 4.69) is 6.92 Å². The highest BCUT2D eigenvalue weighted by Gasteiger charge is 2.46. The second kappa shape index (κ2) is 7.30. The van der Waals surface area contributed by atoms with Crippen LogP contribution in [-0.4, -0.2) is 35.8 Å². The van der Waals surface area contributed by atoms with Crippen LogP contribution in [0, 0.1) is 5.82 Å². The first-order valence-corrected chi connectivity index (χ1v) is 8.19. The third-order valence-electron chi connectivity index (χ3n) is 3.75. The molecule has 1 heterocycles. The normalized spacial score (nSPS) is 21.0. The topological polar surface area (TPSA) is 38.8 Å². The number of ether oxygens (including phenoxy) is 2. The lowest BCUT2D eigenvalue weighted by atomic mass is 9.91. The Morgan fingerprint density at radius 2 is 2.04 bits per heavy atom. The molecule has 0 aromatic heterocycles. The number of nitrogens with zero attached hydrogens (tertiary/aromatic N) is 1. The number of halogens is 1. The molecule has 1 aromatic rings. The number of hydrogen-bond donors (Lipinski definition) is 0. The van der Waals surface area contributed by atoms with E-state index in [0.717, 1.165) is 12.8 Å². The molecule has 1 fully saturated rings. The first-order valence-electron chi connectivity index (χ1n) is 8.19.